The summed E-state index contributed by atoms with van der Waals surface area (Å²) < 4.78 is 0. The summed E-state index contributed by atoms with van der Waals surface area (Å²) in [7, 11) is 0. The first kappa shape index (κ1) is 22.4. The molecule has 0 fully saturated rings. The Morgan fingerprint density at radius 2 is 1.04 bits per heavy atom. The molecule has 0 saturated heterocycles. The maximum absolute atomic E-state index is 5.68. The second kappa shape index (κ2) is 19.4. The van der Waals surface area contributed by atoms with Gasteiger partial charge in [0.05, 0.1) is 0 Å². The maximum atomic E-state index is 5.68. The van der Waals surface area contributed by atoms with Crippen LogP contribution in [-0.4, -0.2) is 6.04 Å². The van der Waals surface area contributed by atoms with Crippen LogP contribution in [0.2, 0.25) is 0 Å². The predicted octanol–water partition coefficient (Wildman–Crippen LogP) is 6.43. The van der Waals surface area contributed by atoms with Gasteiger partial charge in [0.25, 0.3) is 0 Å². The summed E-state index contributed by atoms with van der Waals surface area (Å²) >= 11 is 0. The summed E-state index contributed by atoms with van der Waals surface area (Å²) in [6.07, 6.45) is 27.2. The molecule has 0 saturated carbocycles. The fourth-order valence-corrected chi connectivity index (χ4v) is 2.77. The van der Waals surface area contributed by atoms with Gasteiger partial charge in [-0.1, -0.05) is 63.8 Å². The molecule has 3 N–H and O–H groups in total. The van der Waals surface area contributed by atoms with E-state index in [1.54, 1.807) is 0 Å². The Bertz CT molecular complexity index is 245. The molecule has 0 amide bonds. The van der Waals surface area contributed by atoms with Gasteiger partial charge in [-0.25, -0.2) is 0 Å². The van der Waals surface area contributed by atoms with Crippen LogP contribution < -0.4 is 11.3 Å². The zero-order valence-corrected chi connectivity index (χ0v) is 15.9. The summed E-state index contributed by atoms with van der Waals surface area (Å²) in [6.45, 7) is 4.51. The van der Waals surface area contributed by atoms with Gasteiger partial charge in [-0.3, -0.25) is 11.3 Å². The van der Waals surface area contributed by atoms with Gasteiger partial charge in [-0.05, 0) is 64.2 Å². The summed E-state index contributed by atoms with van der Waals surface area (Å²) in [6, 6.07) is 0.483. The fraction of sp³-hybridized carbons (Fsp3) is 0.810. The highest BCUT2D eigenvalue weighted by atomic mass is 15.2. The van der Waals surface area contributed by atoms with Crippen LogP contribution in [0.1, 0.15) is 104 Å². The lowest BCUT2D eigenvalue weighted by Crippen LogP contribution is -2.34. The van der Waals surface area contributed by atoms with Gasteiger partial charge in [-0.2, -0.15) is 0 Å². The highest BCUT2D eigenvalue weighted by Crippen LogP contribution is 2.10. The van der Waals surface area contributed by atoms with Gasteiger partial charge in [0.1, 0.15) is 0 Å². The Kier molecular flexibility index (Phi) is 18.9. The predicted molar refractivity (Wildman–Crippen MR) is 105 cm³/mol. The van der Waals surface area contributed by atoms with E-state index in [1.807, 2.05) is 0 Å². The number of nitrogens with two attached hydrogens (primary N) is 1. The van der Waals surface area contributed by atoms with Crippen molar-refractivity contribution in [2.45, 2.75) is 110 Å². The molecule has 136 valence electrons. The van der Waals surface area contributed by atoms with E-state index in [2.05, 4.69) is 43.6 Å². The summed E-state index contributed by atoms with van der Waals surface area (Å²) in [5, 5.41) is 0. The standard InChI is InChI=1S/C21H42N2/c1-3-5-7-9-11-13-15-17-19-21(23-22)20-18-16-14-12-10-8-6-4-2/h11-14,21,23H,3-10,15-20,22H2,1-2H3/b13-11-,14-12-. The van der Waals surface area contributed by atoms with Crippen LogP contribution in [0.25, 0.3) is 0 Å². The Morgan fingerprint density at radius 1 is 0.652 bits per heavy atom. The molecule has 0 aliphatic carbocycles. The molecule has 0 rings (SSSR count). The van der Waals surface area contributed by atoms with E-state index < -0.39 is 0 Å². The fourth-order valence-electron chi connectivity index (χ4n) is 2.77. The molecular weight excluding hydrogens is 280 g/mol. The molecule has 0 heterocycles. The van der Waals surface area contributed by atoms with Crippen molar-refractivity contribution >= 4 is 0 Å². The molecule has 0 atom stereocenters. The van der Waals surface area contributed by atoms with Crippen molar-refractivity contribution in [2.24, 2.45) is 5.84 Å². The molecule has 0 aromatic rings. The monoisotopic (exact) mass is 322 g/mol. The van der Waals surface area contributed by atoms with Crippen molar-refractivity contribution in [2.75, 3.05) is 0 Å². The Morgan fingerprint density at radius 3 is 1.39 bits per heavy atom. The Labute approximate surface area is 146 Å². The molecule has 0 spiro atoms. The van der Waals surface area contributed by atoms with Crippen molar-refractivity contribution in [3.05, 3.63) is 24.3 Å². The van der Waals surface area contributed by atoms with Gasteiger partial charge < -0.3 is 0 Å². The average molecular weight is 323 g/mol. The molecule has 0 aromatic carbocycles. The molecule has 0 bridgehead atoms. The van der Waals surface area contributed by atoms with Gasteiger partial charge in [0.15, 0.2) is 0 Å². The van der Waals surface area contributed by atoms with E-state index in [0.29, 0.717) is 6.04 Å². The molecular formula is C21H42N2. The number of rotatable bonds is 17. The van der Waals surface area contributed by atoms with Crippen molar-refractivity contribution in [3.8, 4) is 0 Å². The zero-order chi connectivity index (χ0) is 17.0. The van der Waals surface area contributed by atoms with Crippen LogP contribution in [0, 0.1) is 0 Å². The smallest absolute Gasteiger partial charge is 0.0210 e. The van der Waals surface area contributed by atoms with Gasteiger partial charge in [-0.15, -0.1) is 0 Å². The minimum absolute atomic E-state index is 0.483. The van der Waals surface area contributed by atoms with Crippen LogP contribution in [0.3, 0.4) is 0 Å². The zero-order valence-electron chi connectivity index (χ0n) is 15.9. The lowest BCUT2D eigenvalue weighted by molar-refractivity contribution is 0.442. The number of hydrogen-bond acceptors (Lipinski definition) is 2. The molecule has 2 nitrogen and oxygen atoms in total. The molecule has 23 heavy (non-hydrogen) atoms. The second-order valence-electron chi connectivity index (χ2n) is 6.66. The summed E-state index contributed by atoms with van der Waals surface area (Å²) in [5.74, 6) is 5.68. The molecule has 0 aliphatic heterocycles. The van der Waals surface area contributed by atoms with E-state index in [1.165, 1.54) is 89.9 Å². The molecule has 0 aliphatic rings. The average Bonchev–Trinajstić information content (AvgIpc) is 2.57. The number of unbranched alkanes of at least 4 members (excludes halogenated alkanes) is 8. The second-order valence-corrected chi connectivity index (χ2v) is 6.66. The maximum Gasteiger partial charge on any atom is 0.0210 e. The van der Waals surface area contributed by atoms with Gasteiger partial charge in [0, 0.05) is 6.04 Å². The number of hydrazine groups is 1. The first-order chi connectivity index (χ1) is 11.3. The molecule has 0 unspecified atom stereocenters. The number of nitrogens with one attached hydrogen (secondary N) is 1. The van der Waals surface area contributed by atoms with Crippen molar-refractivity contribution < 1.29 is 0 Å². The quantitative estimate of drug-likeness (QED) is 0.140. The van der Waals surface area contributed by atoms with Crippen molar-refractivity contribution in [3.63, 3.8) is 0 Å². The van der Waals surface area contributed by atoms with Crippen LogP contribution in [0.4, 0.5) is 0 Å². The van der Waals surface area contributed by atoms with E-state index in [4.69, 9.17) is 5.84 Å². The third kappa shape index (κ3) is 17.6. The van der Waals surface area contributed by atoms with Crippen LogP contribution >= 0.6 is 0 Å². The largest absolute Gasteiger partial charge is 0.271 e. The van der Waals surface area contributed by atoms with Gasteiger partial charge in [0.2, 0.25) is 0 Å². The van der Waals surface area contributed by atoms with E-state index >= 15 is 0 Å². The Hall–Kier alpha value is -0.600. The molecule has 0 aromatic heterocycles. The van der Waals surface area contributed by atoms with Crippen molar-refractivity contribution in [1.82, 2.24) is 5.43 Å². The topological polar surface area (TPSA) is 38.0 Å². The van der Waals surface area contributed by atoms with E-state index in [9.17, 15) is 0 Å². The number of hydrogen-bond donors (Lipinski definition) is 2. The molecule has 2 heteroatoms. The lowest BCUT2D eigenvalue weighted by Gasteiger charge is -2.14. The third-order valence-electron chi connectivity index (χ3n) is 4.36. The SMILES string of the molecule is CCCCC/C=C\CCCC(CCC/C=C\CCCCC)NN. The lowest BCUT2D eigenvalue weighted by atomic mass is 10.0. The van der Waals surface area contributed by atoms with E-state index in [0.717, 1.165) is 0 Å². The first-order valence-electron chi connectivity index (χ1n) is 10.1. The molecule has 0 radical (unpaired) electrons. The highest BCUT2D eigenvalue weighted by Gasteiger charge is 2.04. The summed E-state index contributed by atoms with van der Waals surface area (Å²) in [5.41, 5.74) is 2.99. The first-order valence-corrected chi connectivity index (χ1v) is 10.1. The van der Waals surface area contributed by atoms with E-state index in [-0.39, 0.29) is 0 Å². The summed E-state index contributed by atoms with van der Waals surface area (Å²) in [4.78, 5) is 0. The number of allylic oxidation sites excluding steroid dienone is 4. The van der Waals surface area contributed by atoms with Crippen LogP contribution in [0.15, 0.2) is 24.3 Å². The van der Waals surface area contributed by atoms with Crippen LogP contribution in [-0.2, 0) is 0 Å². The normalized spacial score (nSPS) is 12.2. The van der Waals surface area contributed by atoms with Gasteiger partial charge >= 0.3 is 0 Å². The minimum Gasteiger partial charge on any atom is -0.271 e. The highest BCUT2D eigenvalue weighted by molar-refractivity contribution is 4.83. The minimum atomic E-state index is 0.483. The third-order valence-corrected chi connectivity index (χ3v) is 4.36. The van der Waals surface area contributed by atoms with Crippen molar-refractivity contribution in [1.29, 1.82) is 0 Å². The van der Waals surface area contributed by atoms with Crippen LogP contribution in [0.5, 0.6) is 0 Å². The Balaban J connectivity index is 3.48.